The maximum Gasteiger partial charge on any atom is 0.405 e. The minimum Gasteiger partial charge on any atom is -0.465 e. The first-order chi connectivity index (χ1) is 9.56. The fourth-order valence-electron chi connectivity index (χ4n) is 1.49. The number of hydrogen-bond acceptors (Lipinski definition) is 5. The molecule has 4 N–H and O–H groups in total. The lowest BCUT2D eigenvalue weighted by atomic mass is 10.0. The second-order valence-corrected chi connectivity index (χ2v) is 5.08. The summed E-state index contributed by atoms with van der Waals surface area (Å²) in [5, 5.41) is 21.2. The lowest BCUT2D eigenvalue weighted by Gasteiger charge is -2.22. The zero-order valence-corrected chi connectivity index (χ0v) is 12.2. The molecule has 0 radical (unpaired) electrons. The molecule has 0 heterocycles. The molecule has 0 aliphatic rings. The first kappa shape index (κ1) is 18.7. The van der Waals surface area contributed by atoms with Crippen molar-refractivity contribution in [3.63, 3.8) is 0 Å². The van der Waals surface area contributed by atoms with Crippen LogP contribution in [0.1, 0.15) is 27.7 Å². The number of carboxylic acid groups (broad SMARTS) is 2. The van der Waals surface area contributed by atoms with Crippen LogP contribution in [-0.4, -0.2) is 46.4 Å². The second kappa shape index (κ2) is 8.08. The van der Waals surface area contributed by atoms with Crippen molar-refractivity contribution in [2.75, 3.05) is 0 Å². The molecule has 21 heavy (non-hydrogen) atoms. The Hall–Kier alpha value is -2.32. The van der Waals surface area contributed by atoms with Gasteiger partial charge in [-0.1, -0.05) is 27.7 Å². The van der Waals surface area contributed by atoms with E-state index in [1.165, 1.54) is 0 Å². The van der Waals surface area contributed by atoms with Gasteiger partial charge in [0.15, 0.2) is 0 Å². The highest BCUT2D eigenvalue weighted by Crippen LogP contribution is 2.08. The smallest absolute Gasteiger partial charge is 0.405 e. The van der Waals surface area contributed by atoms with E-state index in [2.05, 4.69) is 4.74 Å². The summed E-state index contributed by atoms with van der Waals surface area (Å²) in [6.07, 6.45) is -2.86. The highest BCUT2D eigenvalue weighted by molar-refractivity contribution is 5.93. The van der Waals surface area contributed by atoms with Gasteiger partial charge in [0, 0.05) is 0 Å². The zero-order valence-electron chi connectivity index (χ0n) is 12.2. The normalized spacial score (nSPS) is 13.4. The molecule has 2 unspecified atom stereocenters. The molecule has 9 nitrogen and oxygen atoms in total. The van der Waals surface area contributed by atoms with E-state index in [0.29, 0.717) is 0 Å². The highest BCUT2D eigenvalue weighted by atomic mass is 16.6. The van der Waals surface area contributed by atoms with E-state index < -0.39 is 48.0 Å². The van der Waals surface area contributed by atoms with E-state index in [1.54, 1.807) is 27.7 Å². The van der Waals surface area contributed by atoms with Crippen molar-refractivity contribution in [1.29, 1.82) is 0 Å². The maximum atomic E-state index is 11.8. The number of esters is 2. The third-order valence-electron chi connectivity index (χ3n) is 2.60. The molecule has 0 bridgehead atoms. The minimum atomic E-state index is -1.43. The Morgan fingerprint density at radius 2 is 1.05 bits per heavy atom. The van der Waals surface area contributed by atoms with E-state index in [-0.39, 0.29) is 0 Å². The molecule has 9 heteroatoms. The van der Waals surface area contributed by atoms with Gasteiger partial charge in [0.2, 0.25) is 0 Å². The molecule has 0 saturated heterocycles. The molecular formula is C12H20N2O7. The summed E-state index contributed by atoms with van der Waals surface area (Å²) in [6.45, 7) is 6.28. The number of nitrogens with one attached hydrogen (secondary N) is 2. The van der Waals surface area contributed by atoms with Crippen molar-refractivity contribution >= 4 is 24.1 Å². The lowest BCUT2D eigenvalue weighted by Crippen LogP contribution is -2.49. The molecular weight excluding hydrogens is 284 g/mol. The van der Waals surface area contributed by atoms with Crippen molar-refractivity contribution in [2.24, 2.45) is 11.8 Å². The Morgan fingerprint density at radius 3 is 1.24 bits per heavy atom. The molecule has 2 atom stereocenters. The molecule has 0 rings (SSSR count). The van der Waals surface area contributed by atoms with Gasteiger partial charge in [-0.3, -0.25) is 0 Å². The van der Waals surface area contributed by atoms with Gasteiger partial charge in [0.25, 0.3) is 0 Å². The van der Waals surface area contributed by atoms with Crippen LogP contribution in [0.2, 0.25) is 0 Å². The third-order valence-corrected chi connectivity index (χ3v) is 2.60. The van der Waals surface area contributed by atoms with Crippen LogP contribution < -0.4 is 10.6 Å². The number of rotatable bonds is 6. The standard InChI is InChI=1S/C12H20N2O7/c1-5(2)7(13-11(17)18)9(15)21-10(16)8(6(3)4)14-12(19)20/h5-8,13-14H,1-4H3,(H,17,18)(H,19,20). The van der Waals surface area contributed by atoms with E-state index >= 15 is 0 Å². The minimum absolute atomic E-state index is 0.439. The molecule has 2 amide bonds. The van der Waals surface area contributed by atoms with E-state index in [4.69, 9.17) is 10.2 Å². The summed E-state index contributed by atoms with van der Waals surface area (Å²) in [6, 6.07) is -2.44. The average molecular weight is 304 g/mol. The summed E-state index contributed by atoms with van der Waals surface area (Å²) < 4.78 is 4.57. The van der Waals surface area contributed by atoms with Crippen molar-refractivity contribution in [2.45, 2.75) is 39.8 Å². The SMILES string of the molecule is CC(C)C(NC(=O)O)C(=O)OC(=O)C(NC(=O)O)C(C)C. The number of carbonyl (C=O) groups excluding carboxylic acids is 2. The largest absolute Gasteiger partial charge is 0.465 e. The second-order valence-electron chi connectivity index (χ2n) is 5.08. The lowest BCUT2D eigenvalue weighted by molar-refractivity contribution is -0.163. The number of hydrogen-bond donors (Lipinski definition) is 4. The first-order valence-electron chi connectivity index (χ1n) is 6.30. The molecule has 0 aliphatic carbocycles. The van der Waals surface area contributed by atoms with E-state index in [1.807, 2.05) is 10.6 Å². The van der Waals surface area contributed by atoms with Gasteiger partial charge in [0.05, 0.1) is 0 Å². The molecule has 0 saturated carbocycles. The molecule has 0 aromatic carbocycles. The van der Waals surface area contributed by atoms with Crippen LogP contribution in [-0.2, 0) is 14.3 Å². The monoisotopic (exact) mass is 304 g/mol. The van der Waals surface area contributed by atoms with Gasteiger partial charge in [-0.05, 0) is 11.8 Å². The van der Waals surface area contributed by atoms with Gasteiger partial charge >= 0.3 is 24.1 Å². The van der Waals surface area contributed by atoms with Crippen LogP contribution in [0.4, 0.5) is 9.59 Å². The van der Waals surface area contributed by atoms with Crippen LogP contribution in [0.15, 0.2) is 0 Å². The Morgan fingerprint density at radius 1 is 0.762 bits per heavy atom. The van der Waals surface area contributed by atoms with E-state index in [9.17, 15) is 19.2 Å². The van der Waals surface area contributed by atoms with Crippen molar-refractivity contribution in [1.82, 2.24) is 10.6 Å². The highest BCUT2D eigenvalue weighted by Gasteiger charge is 2.32. The fourth-order valence-corrected chi connectivity index (χ4v) is 1.49. The predicted molar refractivity (Wildman–Crippen MR) is 70.7 cm³/mol. The quantitative estimate of drug-likeness (QED) is 0.416. The molecule has 0 aromatic rings. The molecule has 0 fully saturated rings. The topological polar surface area (TPSA) is 142 Å². The summed E-state index contributed by atoms with van der Waals surface area (Å²) in [5.41, 5.74) is 0. The molecule has 120 valence electrons. The third kappa shape index (κ3) is 6.59. The number of ether oxygens (including phenoxy) is 1. The first-order valence-corrected chi connectivity index (χ1v) is 6.30. The Labute approximate surface area is 121 Å². The average Bonchev–Trinajstić information content (AvgIpc) is 2.31. The van der Waals surface area contributed by atoms with E-state index in [0.717, 1.165) is 0 Å². The Kier molecular flexibility index (Phi) is 7.18. The van der Waals surface area contributed by atoms with Crippen LogP contribution in [0.25, 0.3) is 0 Å². The molecule has 0 aliphatic heterocycles. The zero-order chi connectivity index (χ0) is 16.7. The van der Waals surface area contributed by atoms with Crippen LogP contribution in [0.5, 0.6) is 0 Å². The van der Waals surface area contributed by atoms with Crippen molar-refractivity contribution < 1.29 is 34.1 Å². The summed E-state index contributed by atoms with van der Waals surface area (Å²) in [5.74, 6) is -3.02. The van der Waals surface area contributed by atoms with Gasteiger partial charge < -0.3 is 25.6 Å². The Balaban J connectivity index is 4.89. The van der Waals surface area contributed by atoms with Crippen molar-refractivity contribution in [3.8, 4) is 0 Å². The summed E-state index contributed by atoms with van der Waals surface area (Å²) in [4.78, 5) is 44.8. The van der Waals surface area contributed by atoms with Gasteiger partial charge in [-0.25, -0.2) is 19.2 Å². The molecule has 0 aromatic heterocycles. The van der Waals surface area contributed by atoms with Gasteiger partial charge in [-0.15, -0.1) is 0 Å². The van der Waals surface area contributed by atoms with Crippen LogP contribution in [0.3, 0.4) is 0 Å². The fraction of sp³-hybridized carbons (Fsp3) is 0.667. The van der Waals surface area contributed by atoms with Crippen molar-refractivity contribution in [3.05, 3.63) is 0 Å². The number of carbonyl (C=O) groups is 4. The van der Waals surface area contributed by atoms with Gasteiger partial charge in [0.1, 0.15) is 12.1 Å². The maximum absolute atomic E-state index is 11.8. The Bertz CT molecular complexity index is 382. The summed E-state index contributed by atoms with van der Waals surface area (Å²) >= 11 is 0. The van der Waals surface area contributed by atoms with Gasteiger partial charge in [-0.2, -0.15) is 0 Å². The molecule has 0 spiro atoms. The van der Waals surface area contributed by atoms with Crippen LogP contribution >= 0.6 is 0 Å². The predicted octanol–water partition coefficient (Wildman–Crippen LogP) is 0.641. The summed E-state index contributed by atoms with van der Waals surface area (Å²) in [7, 11) is 0. The van der Waals surface area contributed by atoms with Crippen LogP contribution in [0, 0.1) is 11.8 Å². The number of amides is 2.